The van der Waals surface area contributed by atoms with Crippen LogP contribution in [0, 0.1) is 0 Å². The van der Waals surface area contributed by atoms with Gasteiger partial charge in [0.2, 0.25) is 0 Å². The van der Waals surface area contributed by atoms with Gasteiger partial charge in [-0.2, -0.15) is 0 Å². The summed E-state index contributed by atoms with van der Waals surface area (Å²) in [7, 11) is 0. The number of ether oxygens (including phenoxy) is 1. The van der Waals surface area contributed by atoms with Gasteiger partial charge in [-0.25, -0.2) is 0 Å². The zero-order valence-electron chi connectivity index (χ0n) is 12.1. The molecule has 1 aromatic carbocycles. The van der Waals surface area contributed by atoms with Crippen LogP contribution in [0.15, 0.2) is 24.3 Å². The van der Waals surface area contributed by atoms with E-state index in [1.54, 1.807) is 0 Å². The van der Waals surface area contributed by atoms with Crippen LogP contribution in [-0.2, 0) is 4.74 Å². The second-order valence-electron chi connectivity index (χ2n) is 5.09. The van der Waals surface area contributed by atoms with Crippen molar-refractivity contribution in [3.05, 3.63) is 34.9 Å². The van der Waals surface area contributed by atoms with Crippen molar-refractivity contribution in [2.45, 2.75) is 58.1 Å². The Balaban J connectivity index is 2.44. The molecule has 1 aromatic rings. The number of benzene rings is 1. The van der Waals surface area contributed by atoms with Crippen LogP contribution >= 0.6 is 11.6 Å². The number of hydrogen-bond donors (Lipinski definition) is 1. The number of hydrogen-bond acceptors (Lipinski definition) is 2. The zero-order valence-corrected chi connectivity index (χ0v) is 12.8. The van der Waals surface area contributed by atoms with E-state index in [4.69, 9.17) is 22.1 Å². The largest absolute Gasteiger partial charge is 0.372 e. The molecule has 0 heterocycles. The lowest BCUT2D eigenvalue weighted by Crippen LogP contribution is -2.27. The molecule has 0 radical (unpaired) electrons. The summed E-state index contributed by atoms with van der Waals surface area (Å²) in [5.74, 6) is 0. The van der Waals surface area contributed by atoms with Crippen molar-refractivity contribution < 1.29 is 4.74 Å². The Morgan fingerprint density at radius 3 is 2.47 bits per heavy atom. The topological polar surface area (TPSA) is 35.2 Å². The summed E-state index contributed by atoms with van der Waals surface area (Å²) in [6.45, 7) is 4.94. The standard InChI is InChI=1S/C16H26ClNO/c1-3-4-5-6-9-12-19-16(13(2)18)14-10-7-8-11-15(14)17/h7-8,10-11,13,16H,3-6,9,12,18H2,1-2H3. The van der Waals surface area contributed by atoms with Crippen molar-refractivity contribution in [2.75, 3.05) is 6.61 Å². The highest BCUT2D eigenvalue weighted by atomic mass is 35.5. The third kappa shape index (κ3) is 5.94. The van der Waals surface area contributed by atoms with Gasteiger partial charge in [0.15, 0.2) is 0 Å². The fraction of sp³-hybridized carbons (Fsp3) is 0.625. The SMILES string of the molecule is CCCCCCCOC(c1ccccc1Cl)C(C)N. The molecule has 0 aliphatic rings. The molecule has 0 aromatic heterocycles. The smallest absolute Gasteiger partial charge is 0.0987 e. The van der Waals surface area contributed by atoms with Gasteiger partial charge in [-0.3, -0.25) is 0 Å². The quantitative estimate of drug-likeness (QED) is 0.666. The molecular weight excluding hydrogens is 258 g/mol. The summed E-state index contributed by atoms with van der Waals surface area (Å²) < 4.78 is 5.94. The minimum absolute atomic E-state index is 0.0597. The van der Waals surface area contributed by atoms with Crippen LogP contribution < -0.4 is 5.73 Å². The molecule has 0 saturated carbocycles. The molecule has 2 N–H and O–H groups in total. The Hall–Kier alpha value is -0.570. The van der Waals surface area contributed by atoms with Gasteiger partial charge in [-0.05, 0) is 19.4 Å². The van der Waals surface area contributed by atoms with Crippen molar-refractivity contribution in [2.24, 2.45) is 5.73 Å². The first-order valence-corrected chi connectivity index (χ1v) is 7.66. The maximum atomic E-state index is 6.21. The number of halogens is 1. The van der Waals surface area contributed by atoms with Crippen LogP contribution in [0.2, 0.25) is 5.02 Å². The highest BCUT2D eigenvalue weighted by Gasteiger charge is 2.19. The molecule has 1 rings (SSSR count). The number of unbranched alkanes of at least 4 members (excludes halogenated alkanes) is 4. The van der Waals surface area contributed by atoms with Gasteiger partial charge in [-0.1, -0.05) is 62.4 Å². The van der Waals surface area contributed by atoms with Crippen LogP contribution in [0.5, 0.6) is 0 Å². The summed E-state index contributed by atoms with van der Waals surface area (Å²) >= 11 is 6.21. The third-order valence-electron chi connectivity index (χ3n) is 3.23. The highest BCUT2D eigenvalue weighted by Crippen LogP contribution is 2.27. The van der Waals surface area contributed by atoms with Gasteiger partial charge >= 0.3 is 0 Å². The molecule has 0 aliphatic heterocycles. The number of rotatable bonds is 9. The summed E-state index contributed by atoms with van der Waals surface area (Å²) in [6.07, 6.45) is 6.06. The minimum atomic E-state index is -0.111. The van der Waals surface area contributed by atoms with Crippen molar-refractivity contribution >= 4 is 11.6 Å². The van der Waals surface area contributed by atoms with E-state index >= 15 is 0 Å². The first kappa shape index (κ1) is 16.5. The predicted molar refractivity (Wildman–Crippen MR) is 82.6 cm³/mol. The van der Waals surface area contributed by atoms with E-state index < -0.39 is 0 Å². The molecule has 19 heavy (non-hydrogen) atoms. The summed E-state index contributed by atoms with van der Waals surface area (Å²) in [5, 5.41) is 0.732. The van der Waals surface area contributed by atoms with Crippen LogP contribution in [0.3, 0.4) is 0 Å². The Labute approximate surface area is 122 Å². The zero-order chi connectivity index (χ0) is 14.1. The average molecular weight is 284 g/mol. The molecule has 0 amide bonds. The summed E-state index contributed by atoms with van der Waals surface area (Å²) in [5.41, 5.74) is 7.01. The van der Waals surface area contributed by atoms with Gasteiger partial charge in [0.05, 0.1) is 6.10 Å². The molecule has 0 fully saturated rings. The third-order valence-corrected chi connectivity index (χ3v) is 3.58. The maximum Gasteiger partial charge on any atom is 0.0987 e. The highest BCUT2D eigenvalue weighted by molar-refractivity contribution is 6.31. The molecular formula is C16H26ClNO. The van der Waals surface area contributed by atoms with E-state index in [-0.39, 0.29) is 12.1 Å². The normalized spacial score (nSPS) is 14.3. The first-order valence-electron chi connectivity index (χ1n) is 7.28. The van der Waals surface area contributed by atoms with Crippen molar-refractivity contribution in [1.29, 1.82) is 0 Å². The number of nitrogens with two attached hydrogens (primary N) is 1. The average Bonchev–Trinajstić information content (AvgIpc) is 2.39. The Morgan fingerprint density at radius 2 is 1.84 bits per heavy atom. The molecule has 0 spiro atoms. The molecule has 3 heteroatoms. The van der Waals surface area contributed by atoms with E-state index in [0.717, 1.165) is 23.6 Å². The van der Waals surface area contributed by atoms with Gasteiger partial charge in [0, 0.05) is 23.2 Å². The van der Waals surface area contributed by atoms with Gasteiger partial charge < -0.3 is 10.5 Å². The Bertz CT molecular complexity index is 354. The molecule has 0 saturated heterocycles. The monoisotopic (exact) mass is 283 g/mol. The summed E-state index contributed by atoms with van der Waals surface area (Å²) in [4.78, 5) is 0. The molecule has 108 valence electrons. The second kappa shape index (κ2) is 9.35. The lowest BCUT2D eigenvalue weighted by atomic mass is 10.0. The lowest BCUT2D eigenvalue weighted by Gasteiger charge is -2.23. The van der Waals surface area contributed by atoms with E-state index in [2.05, 4.69) is 6.92 Å². The van der Waals surface area contributed by atoms with Crippen LogP contribution in [0.4, 0.5) is 0 Å². The van der Waals surface area contributed by atoms with Crippen molar-refractivity contribution in [1.82, 2.24) is 0 Å². The van der Waals surface area contributed by atoms with Gasteiger partial charge in [-0.15, -0.1) is 0 Å². The second-order valence-corrected chi connectivity index (χ2v) is 5.49. The van der Waals surface area contributed by atoms with Crippen molar-refractivity contribution in [3.63, 3.8) is 0 Å². The van der Waals surface area contributed by atoms with Crippen LogP contribution in [0.1, 0.15) is 57.6 Å². The van der Waals surface area contributed by atoms with Gasteiger partial charge in [0.25, 0.3) is 0 Å². The van der Waals surface area contributed by atoms with E-state index in [9.17, 15) is 0 Å². The Morgan fingerprint density at radius 1 is 1.16 bits per heavy atom. The molecule has 2 atom stereocenters. The molecule has 0 bridgehead atoms. The van der Waals surface area contributed by atoms with E-state index in [0.29, 0.717) is 0 Å². The van der Waals surface area contributed by atoms with Crippen LogP contribution in [-0.4, -0.2) is 12.6 Å². The maximum absolute atomic E-state index is 6.21. The first-order chi connectivity index (χ1) is 9.16. The molecule has 2 unspecified atom stereocenters. The van der Waals surface area contributed by atoms with Crippen molar-refractivity contribution in [3.8, 4) is 0 Å². The van der Waals surface area contributed by atoms with E-state index in [1.165, 1.54) is 25.7 Å². The molecule has 0 aliphatic carbocycles. The fourth-order valence-corrected chi connectivity index (χ4v) is 2.39. The lowest BCUT2D eigenvalue weighted by molar-refractivity contribution is 0.0359. The predicted octanol–water partition coefficient (Wildman–Crippen LogP) is 4.72. The summed E-state index contributed by atoms with van der Waals surface area (Å²) in [6, 6.07) is 7.72. The minimum Gasteiger partial charge on any atom is -0.372 e. The fourth-order valence-electron chi connectivity index (χ4n) is 2.15. The Kier molecular flexibility index (Phi) is 8.11. The molecule has 2 nitrogen and oxygen atoms in total. The van der Waals surface area contributed by atoms with E-state index in [1.807, 2.05) is 31.2 Å². The van der Waals surface area contributed by atoms with Crippen LogP contribution in [0.25, 0.3) is 0 Å². The van der Waals surface area contributed by atoms with Gasteiger partial charge in [0.1, 0.15) is 0 Å².